The molecule has 0 aliphatic carbocycles. The Morgan fingerprint density at radius 2 is 1.96 bits per heavy atom. The van der Waals surface area contributed by atoms with Gasteiger partial charge < -0.3 is 9.64 Å². The summed E-state index contributed by atoms with van der Waals surface area (Å²) < 4.78 is 71.3. The average molecular weight is 365 g/mol. The number of ether oxygens (including phenoxy) is 1. The number of hydrogen-bond acceptors (Lipinski definition) is 4. The van der Waals surface area contributed by atoms with Gasteiger partial charge in [0.2, 0.25) is 0 Å². The Kier molecular flexibility index (Phi) is 4.89. The molecule has 25 heavy (non-hydrogen) atoms. The van der Waals surface area contributed by atoms with E-state index in [1.165, 1.54) is 0 Å². The van der Waals surface area contributed by atoms with E-state index in [2.05, 4.69) is 4.98 Å². The van der Waals surface area contributed by atoms with E-state index in [1.54, 1.807) is 9.80 Å². The summed E-state index contributed by atoms with van der Waals surface area (Å²) in [4.78, 5) is 7.36. The number of rotatable bonds is 2. The van der Waals surface area contributed by atoms with Crippen LogP contribution in [0.15, 0.2) is 12.3 Å². The molecule has 0 aromatic carbocycles. The third-order valence-electron chi connectivity index (χ3n) is 4.74. The summed E-state index contributed by atoms with van der Waals surface area (Å²) in [7, 11) is 0. The Hall–Kier alpha value is -1.48. The van der Waals surface area contributed by atoms with Gasteiger partial charge in [-0.1, -0.05) is 0 Å². The van der Waals surface area contributed by atoms with Crippen molar-refractivity contribution < 1.29 is 26.7 Å². The molecule has 0 bridgehead atoms. The van der Waals surface area contributed by atoms with Crippen molar-refractivity contribution in [2.24, 2.45) is 0 Å². The summed E-state index contributed by atoms with van der Waals surface area (Å²) in [5, 5.41) is 0. The van der Waals surface area contributed by atoms with Gasteiger partial charge in [0.1, 0.15) is 5.82 Å². The monoisotopic (exact) mass is 365 g/mol. The molecule has 2 aliphatic heterocycles. The smallest absolute Gasteiger partial charge is 0.374 e. The maximum atomic E-state index is 13.5. The van der Waals surface area contributed by atoms with Crippen molar-refractivity contribution in [3.8, 4) is 0 Å². The van der Waals surface area contributed by atoms with Crippen LogP contribution in [0.3, 0.4) is 0 Å². The van der Waals surface area contributed by atoms with Crippen LogP contribution in [0, 0.1) is 0 Å². The molecular weight excluding hydrogens is 345 g/mol. The van der Waals surface area contributed by atoms with Crippen LogP contribution >= 0.6 is 0 Å². The highest BCUT2D eigenvalue weighted by Gasteiger charge is 2.42. The highest BCUT2D eigenvalue weighted by molar-refractivity contribution is 5.51. The van der Waals surface area contributed by atoms with Crippen molar-refractivity contribution in [1.29, 1.82) is 0 Å². The lowest BCUT2D eigenvalue weighted by Gasteiger charge is -2.47. The standard InChI is InChI=1S/C16H20F5N3O/c1-9(2)23-5-12-8-25-7-10-3-11(16(19,20)21)4-22-15(10)24(12)6-13(23)14(17)18/h3-4,9,12-14H,5-8H2,1-2H3/t12-,13+/m1/s1. The fraction of sp³-hybridized carbons (Fsp3) is 0.688. The first-order chi connectivity index (χ1) is 11.7. The summed E-state index contributed by atoms with van der Waals surface area (Å²) in [5.41, 5.74) is -0.581. The molecule has 3 heterocycles. The van der Waals surface area contributed by atoms with E-state index in [0.29, 0.717) is 12.4 Å². The molecule has 2 atom stereocenters. The van der Waals surface area contributed by atoms with Gasteiger partial charge in [-0.05, 0) is 19.9 Å². The summed E-state index contributed by atoms with van der Waals surface area (Å²) >= 11 is 0. The Morgan fingerprint density at radius 1 is 1.24 bits per heavy atom. The molecule has 0 spiro atoms. The Bertz CT molecular complexity index is 622. The van der Waals surface area contributed by atoms with Gasteiger partial charge in [0.15, 0.2) is 0 Å². The summed E-state index contributed by atoms with van der Waals surface area (Å²) in [6.45, 7) is 4.32. The van der Waals surface area contributed by atoms with Gasteiger partial charge in [0.25, 0.3) is 6.43 Å². The van der Waals surface area contributed by atoms with E-state index in [-0.39, 0.29) is 37.4 Å². The first-order valence-corrected chi connectivity index (χ1v) is 8.13. The number of halogens is 5. The van der Waals surface area contributed by atoms with Crippen LogP contribution in [-0.4, -0.2) is 54.1 Å². The molecule has 1 fully saturated rings. The molecule has 140 valence electrons. The minimum Gasteiger partial charge on any atom is -0.374 e. The van der Waals surface area contributed by atoms with Gasteiger partial charge in [0, 0.05) is 30.9 Å². The topological polar surface area (TPSA) is 28.6 Å². The maximum absolute atomic E-state index is 13.5. The molecule has 3 rings (SSSR count). The zero-order valence-electron chi connectivity index (χ0n) is 13.9. The predicted molar refractivity (Wildman–Crippen MR) is 81.7 cm³/mol. The Morgan fingerprint density at radius 3 is 2.56 bits per heavy atom. The minimum absolute atomic E-state index is 0.00916. The van der Waals surface area contributed by atoms with Crippen LogP contribution in [0.25, 0.3) is 0 Å². The number of alkyl halides is 5. The number of fused-ring (bicyclic) bond motifs is 3. The first kappa shape index (κ1) is 18.3. The van der Waals surface area contributed by atoms with Crippen molar-refractivity contribution in [2.45, 2.75) is 51.2 Å². The molecule has 2 aliphatic rings. The van der Waals surface area contributed by atoms with Crippen molar-refractivity contribution >= 4 is 5.82 Å². The largest absolute Gasteiger partial charge is 0.417 e. The van der Waals surface area contributed by atoms with E-state index in [9.17, 15) is 22.0 Å². The molecule has 1 aromatic heterocycles. The lowest BCUT2D eigenvalue weighted by Crippen LogP contribution is -2.63. The van der Waals surface area contributed by atoms with E-state index in [1.807, 2.05) is 13.8 Å². The summed E-state index contributed by atoms with van der Waals surface area (Å²) in [6.07, 6.45) is -6.30. The summed E-state index contributed by atoms with van der Waals surface area (Å²) in [5.74, 6) is 0.310. The van der Waals surface area contributed by atoms with E-state index < -0.39 is 24.2 Å². The van der Waals surface area contributed by atoms with E-state index in [0.717, 1.165) is 12.3 Å². The quantitative estimate of drug-likeness (QED) is 0.753. The predicted octanol–water partition coefficient (Wildman–Crippen LogP) is 3.16. The van der Waals surface area contributed by atoms with E-state index >= 15 is 0 Å². The maximum Gasteiger partial charge on any atom is 0.417 e. The molecule has 0 amide bonds. The van der Waals surface area contributed by atoms with Gasteiger partial charge in [-0.15, -0.1) is 0 Å². The number of anilines is 1. The fourth-order valence-corrected chi connectivity index (χ4v) is 3.48. The second-order valence-electron chi connectivity index (χ2n) is 6.72. The molecule has 1 saturated heterocycles. The van der Waals surface area contributed by atoms with Crippen LogP contribution in [0.2, 0.25) is 0 Å². The second-order valence-corrected chi connectivity index (χ2v) is 6.72. The lowest BCUT2D eigenvalue weighted by molar-refractivity contribution is -0.137. The average Bonchev–Trinajstić information content (AvgIpc) is 2.70. The lowest BCUT2D eigenvalue weighted by atomic mass is 10.0. The molecule has 0 N–H and O–H groups in total. The fourth-order valence-electron chi connectivity index (χ4n) is 3.48. The van der Waals surface area contributed by atoms with Gasteiger partial charge in [-0.3, -0.25) is 4.90 Å². The van der Waals surface area contributed by atoms with Crippen LogP contribution in [0.1, 0.15) is 25.0 Å². The zero-order valence-corrected chi connectivity index (χ0v) is 13.9. The number of pyridine rings is 1. The zero-order chi connectivity index (χ0) is 18.4. The molecule has 0 saturated carbocycles. The third-order valence-corrected chi connectivity index (χ3v) is 4.74. The van der Waals surface area contributed by atoms with Crippen molar-refractivity contribution in [1.82, 2.24) is 9.88 Å². The van der Waals surface area contributed by atoms with Crippen LogP contribution < -0.4 is 4.90 Å². The normalized spacial score (nSPS) is 25.1. The third kappa shape index (κ3) is 3.57. The number of piperazine rings is 1. The van der Waals surface area contributed by atoms with Crippen molar-refractivity contribution in [3.63, 3.8) is 0 Å². The second kappa shape index (κ2) is 6.68. The number of nitrogens with zero attached hydrogens (tertiary/aromatic N) is 3. The van der Waals surface area contributed by atoms with Gasteiger partial charge in [-0.2, -0.15) is 13.2 Å². The highest BCUT2D eigenvalue weighted by Crippen LogP contribution is 2.35. The minimum atomic E-state index is -4.50. The molecule has 0 radical (unpaired) electrons. The molecular formula is C16H20F5N3O. The van der Waals surface area contributed by atoms with E-state index in [4.69, 9.17) is 4.74 Å². The Labute approximate surface area is 142 Å². The first-order valence-electron chi connectivity index (χ1n) is 8.13. The van der Waals surface area contributed by atoms with Crippen LogP contribution in [-0.2, 0) is 17.5 Å². The highest BCUT2D eigenvalue weighted by atomic mass is 19.4. The SMILES string of the molecule is CC(C)N1C[C@@H]2COCc3cc(C(F)(F)F)cnc3N2C[C@H]1C(F)F. The van der Waals surface area contributed by atoms with Crippen molar-refractivity contribution in [3.05, 3.63) is 23.4 Å². The van der Waals surface area contributed by atoms with Crippen LogP contribution in [0.5, 0.6) is 0 Å². The van der Waals surface area contributed by atoms with Gasteiger partial charge in [-0.25, -0.2) is 13.8 Å². The molecule has 0 unspecified atom stereocenters. The van der Waals surface area contributed by atoms with Crippen LogP contribution in [0.4, 0.5) is 27.8 Å². The molecule has 4 nitrogen and oxygen atoms in total. The number of aromatic nitrogens is 1. The summed E-state index contributed by atoms with van der Waals surface area (Å²) in [6, 6.07) is -0.282. The number of hydrogen-bond donors (Lipinski definition) is 0. The van der Waals surface area contributed by atoms with Gasteiger partial charge in [0.05, 0.1) is 30.9 Å². The van der Waals surface area contributed by atoms with Gasteiger partial charge >= 0.3 is 6.18 Å². The van der Waals surface area contributed by atoms with Crippen molar-refractivity contribution in [2.75, 3.05) is 24.6 Å². The Balaban J connectivity index is 1.95. The molecule has 9 heteroatoms. The molecule has 1 aromatic rings.